The van der Waals surface area contributed by atoms with Crippen molar-refractivity contribution in [2.75, 3.05) is 57.4 Å². The fourth-order valence-electron chi connectivity index (χ4n) is 6.36. The summed E-state index contributed by atoms with van der Waals surface area (Å²) in [4.78, 5) is 14.1. The predicted molar refractivity (Wildman–Crippen MR) is 191 cm³/mol. The lowest BCUT2D eigenvalue weighted by atomic mass is 9.72. The Morgan fingerprint density at radius 3 is 2.42 bits per heavy atom. The third-order valence-electron chi connectivity index (χ3n) is 8.82. The Morgan fingerprint density at radius 2 is 1.73 bits per heavy atom. The number of piperidine rings is 1. The Morgan fingerprint density at radius 1 is 1.00 bits per heavy atom. The zero-order valence-electron chi connectivity index (χ0n) is 27.0. The third-order valence-corrected chi connectivity index (χ3v) is 9.56. The number of hydrogen-bond donors (Lipinski definition) is 2. The van der Waals surface area contributed by atoms with Gasteiger partial charge in [-0.1, -0.05) is 75.9 Å². The number of aromatic nitrogens is 1. The quantitative estimate of drug-likeness (QED) is 0.0768. The van der Waals surface area contributed by atoms with Crippen molar-refractivity contribution >= 4 is 44.3 Å². The van der Waals surface area contributed by atoms with Crippen molar-refractivity contribution in [3.63, 3.8) is 0 Å². The molecule has 6 rings (SSSR count). The molecule has 9 nitrogen and oxygen atoms in total. The van der Waals surface area contributed by atoms with Gasteiger partial charge in [-0.2, -0.15) is 4.89 Å². The molecule has 0 saturated carbocycles. The maximum atomic E-state index is 12.5. The van der Waals surface area contributed by atoms with E-state index in [9.17, 15) is 5.11 Å². The summed E-state index contributed by atoms with van der Waals surface area (Å²) in [5.41, 5.74) is 3.52. The number of rotatable bonds is 10. The van der Waals surface area contributed by atoms with Crippen molar-refractivity contribution in [1.29, 1.82) is 0 Å². The Bertz CT molecular complexity index is 1650. The Kier molecular flexibility index (Phi) is 13.6. The van der Waals surface area contributed by atoms with Gasteiger partial charge in [0.05, 0.1) is 24.3 Å². The summed E-state index contributed by atoms with van der Waals surface area (Å²) in [6, 6.07) is 27.1. The first-order valence-corrected chi connectivity index (χ1v) is 17.2. The minimum atomic E-state index is -0.917. The number of pyridine rings is 1. The van der Waals surface area contributed by atoms with Crippen molar-refractivity contribution in [2.45, 2.75) is 37.7 Å². The minimum Gasteiger partial charge on any atom is -0.389 e. The van der Waals surface area contributed by atoms with Gasteiger partial charge in [0.15, 0.2) is 0 Å². The lowest BCUT2D eigenvalue weighted by Crippen LogP contribution is -2.49. The maximum absolute atomic E-state index is 12.5. The minimum absolute atomic E-state index is 0.0804. The topological polar surface area (TPSA) is 96.8 Å². The van der Waals surface area contributed by atoms with E-state index in [0.29, 0.717) is 31.1 Å². The van der Waals surface area contributed by atoms with Crippen LogP contribution in [0.25, 0.3) is 10.9 Å². The molecule has 1 unspecified atom stereocenters. The maximum Gasteiger partial charge on any atom is 0.146 e. The molecule has 11 heteroatoms. The molecule has 0 bridgehead atoms. The van der Waals surface area contributed by atoms with Crippen molar-refractivity contribution < 1.29 is 30.1 Å². The second-order valence-corrected chi connectivity index (χ2v) is 13.2. The lowest BCUT2D eigenvalue weighted by molar-refractivity contribution is -0.620. The van der Waals surface area contributed by atoms with E-state index in [4.69, 9.17) is 26.6 Å². The molecular formula is C37H41BrClN3O6. The first-order valence-electron chi connectivity index (χ1n) is 16.1. The molecule has 2 aliphatic rings. The van der Waals surface area contributed by atoms with E-state index in [1.54, 1.807) is 6.92 Å². The molecule has 0 spiro atoms. The summed E-state index contributed by atoms with van der Waals surface area (Å²) in [6.07, 6.45) is 2.40. The smallest absolute Gasteiger partial charge is 0.146 e. The molecule has 1 aromatic heterocycles. The summed E-state index contributed by atoms with van der Waals surface area (Å²) >= 11 is 9.97. The molecule has 2 fully saturated rings. The molecule has 3 heterocycles. The van der Waals surface area contributed by atoms with E-state index in [-0.39, 0.29) is 12.5 Å². The van der Waals surface area contributed by atoms with Crippen LogP contribution in [0.5, 0.6) is 0 Å². The van der Waals surface area contributed by atoms with Gasteiger partial charge in [0.2, 0.25) is 0 Å². The van der Waals surface area contributed by atoms with Crippen molar-refractivity contribution in [1.82, 2.24) is 9.88 Å². The lowest BCUT2D eigenvalue weighted by Gasteiger charge is -2.44. The van der Waals surface area contributed by atoms with E-state index in [1.165, 1.54) is 5.56 Å². The van der Waals surface area contributed by atoms with Gasteiger partial charge >= 0.3 is 0 Å². The van der Waals surface area contributed by atoms with Crippen LogP contribution in [0.4, 0.5) is 5.82 Å². The Hall–Kier alpha value is -3.08. The van der Waals surface area contributed by atoms with Crippen LogP contribution < -0.4 is 4.90 Å². The molecule has 254 valence electrons. The summed E-state index contributed by atoms with van der Waals surface area (Å²) < 4.78 is 6.69. The van der Waals surface area contributed by atoms with Crippen molar-refractivity contribution in [3.05, 3.63) is 105 Å². The molecule has 48 heavy (non-hydrogen) atoms. The third kappa shape index (κ3) is 9.76. The molecule has 2 aliphatic heterocycles. The van der Waals surface area contributed by atoms with Crippen LogP contribution in [0.15, 0.2) is 83.3 Å². The number of hydrogen-bond acceptors (Lipinski definition) is 9. The van der Waals surface area contributed by atoms with Crippen LogP contribution in [0.3, 0.4) is 0 Å². The van der Waals surface area contributed by atoms with Crippen LogP contribution >= 0.6 is 27.5 Å². The average molecular weight is 739 g/mol. The Labute approximate surface area is 295 Å². The number of fused-ring (bicyclic) bond motifs is 1. The first kappa shape index (κ1) is 36.2. The number of ether oxygens (including phenoxy) is 1. The molecule has 4 aromatic rings. The van der Waals surface area contributed by atoms with E-state index in [2.05, 4.69) is 113 Å². The Balaban J connectivity index is 0.000000503. The standard InChI is InChI=1S/C33H35BrClN3O2.C4H6O4/c34-27-8-11-30-26(22-27)23-29(32(36-30)38-18-20-40-21-19-38)31(25-6-9-28(35)10-7-25)33(39)13-16-37(17-14-33)15-12-24-4-2-1-3-5-24;1-2-3-4-6-8-7-5/h1-11,22-23,31,39H,12-21H2;5H,4H2,1H3. The van der Waals surface area contributed by atoms with Gasteiger partial charge in [0.25, 0.3) is 0 Å². The van der Waals surface area contributed by atoms with Crippen LogP contribution in [-0.4, -0.2) is 78.4 Å². The van der Waals surface area contributed by atoms with Gasteiger partial charge in [-0.15, -0.1) is 5.92 Å². The number of likely N-dealkylation sites (tertiary alicyclic amines) is 1. The average Bonchev–Trinajstić information content (AvgIpc) is 3.12. The molecule has 0 aliphatic carbocycles. The van der Waals surface area contributed by atoms with E-state index >= 15 is 0 Å². The van der Waals surface area contributed by atoms with Gasteiger partial charge in [-0.05, 0) is 83.8 Å². The number of nitrogens with zero attached hydrogens (tertiary/aromatic N) is 3. The molecule has 1 atom stereocenters. The summed E-state index contributed by atoms with van der Waals surface area (Å²) in [5, 5.41) is 28.4. The SMILES string of the molecule is CC#CCOOOO.OC1(C(c2ccc(Cl)cc2)c2cc3cc(Br)ccc3nc2N2CCOCC2)CCN(CCc2ccccc2)CC1. The predicted octanol–water partition coefficient (Wildman–Crippen LogP) is 7.05. The number of aliphatic hydroxyl groups is 1. The fraction of sp³-hybridized carbons (Fsp3) is 0.378. The highest BCUT2D eigenvalue weighted by Crippen LogP contribution is 2.45. The summed E-state index contributed by atoms with van der Waals surface area (Å²) in [7, 11) is 0. The van der Waals surface area contributed by atoms with Crippen LogP contribution in [0.2, 0.25) is 5.02 Å². The van der Waals surface area contributed by atoms with Crippen molar-refractivity contribution in [3.8, 4) is 11.8 Å². The second kappa shape index (κ2) is 18.1. The van der Waals surface area contributed by atoms with E-state index in [1.807, 2.05) is 18.2 Å². The number of morpholine rings is 1. The first-order chi connectivity index (χ1) is 23.4. The van der Waals surface area contributed by atoms with Gasteiger partial charge in [0.1, 0.15) is 12.4 Å². The molecule has 0 amide bonds. The van der Waals surface area contributed by atoms with Crippen molar-refractivity contribution in [2.24, 2.45) is 0 Å². The van der Waals surface area contributed by atoms with Crippen LogP contribution in [0.1, 0.15) is 42.4 Å². The second-order valence-electron chi connectivity index (χ2n) is 11.8. The molecule has 2 N–H and O–H groups in total. The van der Waals surface area contributed by atoms with Gasteiger partial charge < -0.3 is 19.6 Å². The molecule has 2 saturated heterocycles. The highest BCUT2D eigenvalue weighted by molar-refractivity contribution is 9.10. The summed E-state index contributed by atoms with van der Waals surface area (Å²) in [6.45, 7) is 7.34. The van der Waals surface area contributed by atoms with Crippen LogP contribution in [0, 0.1) is 11.8 Å². The fourth-order valence-corrected chi connectivity index (χ4v) is 6.87. The molecule has 3 aromatic carbocycles. The normalized spacial score (nSPS) is 16.8. The molecule has 0 radical (unpaired) electrons. The number of anilines is 1. The monoisotopic (exact) mass is 737 g/mol. The van der Waals surface area contributed by atoms with E-state index < -0.39 is 5.60 Å². The number of benzene rings is 3. The van der Waals surface area contributed by atoms with Gasteiger partial charge in [0, 0.05) is 59.1 Å². The van der Waals surface area contributed by atoms with Crippen LogP contribution in [-0.2, 0) is 26.1 Å². The largest absolute Gasteiger partial charge is 0.389 e. The van der Waals surface area contributed by atoms with Gasteiger partial charge in [-0.3, -0.25) is 0 Å². The highest BCUT2D eigenvalue weighted by Gasteiger charge is 2.43. The number of halogens is 2. The highest BCUT2D eigenvalue weighted by atomic mass is 79.9. The van der Waals surface area contributed by atoms with Gasteiger partial charge in [-0.25, -0.2) is 10.2 Å². The van der Waals surface area contributed by atoms with E-state index in [0.717, 1.165) is 71.5 Å². The zero-order valence-corrected chi connectivity index (χ0v) is 29.3. The zero-order chi connectivity index (χ0) is 33.8. The summed E-state index contributed by atoms with van der Waals surface area (Å²) in [5.74, 6) is 5.73. The molecular weight excluding hydrogens is 698 g/mol.